The number of rotatable bonds is 4. The van der Waals surface area contributed by atoms with Gasteiger partial charge in [0.25, 0.3) is 0 Å². The molecule has 2 N–H and O–H groups in total. The summed E-state index contributed by atoms with van der Waals surface area (Å²) in [6.45, 7) is 0.674. The van der Waals surface area contributed by atoms with Crippen molar-refractivity contribution in [2.45, 2.75) is 33.4 Å². The third-order valence-corrected chi connectivity index (χ3v) is 2.39. The lowest BCUT2D eigenvalue weighted by Crippen LogP contribution is -2.21. The molecule has 2 amide bonds. The number of hydrogen-bond acceptors (Lipinski definition) is 2. The van der Waals surface area contributed by atoms with Crippen molar-refractivity contribution in [3.05, 3.63) is 24.3 Å². The number of carbonyl (C=O) groups excluding carboxylic acids is 2. The summed E-state index contributed by atoms with van der Waals surface area (Å²) in [4.78, 5) is 21.4. The number of benzene rings is 1. The summed E-state index contributed by atoms with van der Waals surface area (Å²) < 4.78 is 104. The van der Waals surface area contributed by atoms with Gasteiger partial charge in [0.15, 0.2) is 0 Å². The van der Waals surface area contributed by atoms with Gasteiger partial charge >= 0.3 is 12.6 Å². The van der Waals surface area contributed by atoms with E-state index in [1.807, 2.05) is 0 Å². The minimum absolute atomic E-state index is 0.114. The van der Waals surface area contributed by atoms with E-state index in [1.165, 1.54) is 13.8 Å². The maximum absolute atomic E-state index is 11.2. The predicted octanol–water partition coefficient (Wildman–Crippen LogP) is 6.16. The lowest BCUT2D eigenvalue weighted by Gasteiger charge is -2.09. The van der Waals surface area contributed by atoms with E-state index in [9.17, 15) is 53.5 Å². The fraction of sp³-hybridized carbons (Fsp3) is 0.529. The van der Waals surface area contributed by atoms with Crippen molar-refractivity contribution in [1.29, 1.82) is 0 Å². The zero-order valence-electron chi connectivity index (χ0n) is 16.6. The van der Waals surface area contributed by atoms with Gasteiger partial charge in [-0.05, 0) is 24.3 Å². The van der Waals surface area contributed by atoms with E-state index in [-0.39, 0.29) is 11.8 Å². The second kappa shape index (κ2) is 17.2. The molecule has 0 saturated heterocycles. The molecule has 1 aromatic carbocycles. The molecule has 182 valence electrons. The van der Waals surface area contributed by atoms with Gasteiger partial charge in [0.1, 0.15) is 20.0 Å². The Labute approximate surface area is 172 Å². The smallest absolute Gasteiger partial charge is 0.326 e. The van der Waals surface area contributed by atoms with Crippen molar-refractivity contribution >= 4 is 23.2 Å². The van der Waals surface area contributed by atoms with Crippen LogP contribution in [0.3, 0.4) is 0 Å². The van der Waals surface area contributed by atoms with Crippen LogP contribution in [0.1, 0.15) is 20.8 Å². The number of halogens is 10. The third-order valence-electron chi connectivity index (χ3n) is 2.39. The molecule has 0 radical (unpaired) electrons. The van der Waals surface area contributed by atoms with Crippen molar-refractivity contribution in [3.63, 3.8) is 0 Å². The van der Waals surface area contributed by atoms with Gasteiger partial charge in [0, 0.05) is 25.2 Å². The first-order valence-electron chi connectivity index (χ1n) is 8.13. The van der Waals surface area contributed by atoms with Gasteiger partial charge < -0.3 is 10.6 Å². The Hall–Kier alpha value is -2.54. The number of hydrogen-bond donors (Lipinski definition) is 2. The van der Waals surface area contributed by atoms with Crippen LogP contribution in [-0.2, 0) is 9.59 Å². The highest BCUT2D eigenvalue weighted by Crippen LogP contribution is 2.25. The molecule has 0 fully saturated rings. The molecule has 0 aliphatic carbocycles. The number of anilines is 2. The van der Waals surface area contributed by atoms with E-state index in [1.54, 1.807) is 24.3 Å². The molecule has 0 aliphatic rings. The SMILES string of the molecule is CC(=O)Nc1ccc(NC(C)=O)cc1.CC(CF)C(F)(F)F.FC(F)(F)F.FCCF. The van der Waals surface area contributed by atoms with Gasteiger partial charge in [-0.1, -0.05) is 6.92 Å². The van der Waals surface area contributed by atoms with Crippen LogP contribution < -0.4 is 10.6 Å². The molecule has 4 nitrogen and oxygen atoms in total. The van der Waals surface area contributed by atoms with Crippen LogP contribution in [0.4, 0.5) is 55.3 Å². The molecule has 1 rings (SSSR count). The lowest BCUT2D eigenvalue weighted by molar-refractivity contribution is -0.237. The highest BCUT2D eigenvalue weighted by molar-refractivity contribution is 5.90. The molecule has 14 heteroatoms. The molecular formula is C17H22F10N2O2. The van der Waals surface area contributed by atoms with Gasteiger partial charge in [-0.3, -0.25) is 14.0 Å². The van der Waals surface area contributed by atoms with Crippen LogP contribution in [0.25, 0.3) is 0 Å². The van der Waals surface area contributed by atoms with Gasteiger partial charge in [-0.25, -0.2) is 8.78 Å². The number of amides is 2. The van der Waals surface area contributed by atoms with Crippen LogP contribution in [0.15, 0.2) is 24.3 Å². The number of carbonyl (C=O) groups is 2. The van der Waals surface area contributed by atoms with Crippen LogP contribution >= 0.6 is 0 Å². The minimum atomic E-state index is -5.50. The van der Waals surface area contributed by atoms with Gasteiger partial charge in [0.05, 0.1) is 5.92 Å². The van der Waals surface area contributed by atoms with E-state index in [2.05, 4.69) is 10.6 Å². The van der Waals surface area contributed by atoms with Crippen molar-refractivity contribution in [3.8, 4) is 0 Å². The average molecular weight is 476 g/mol. The van der Waals surface area contributed by atoms with Crippen LogP contribution in [-0.4, -0.2) is 44.4 Å². The molecule has 0 saturated carbocycles. The quantitative estimate of drug-likeness (QED) is 0.512. The Morgan fingerprint density at radius 1 is 0.774 bits per heavy atom. The summed E-state index contributed by atoms with van der Waals surface area (Å²) >= 11 is 0. The van der Waals surface area contributed by atoms with Gasteiger partial charge in [-0.15, -0.1) is 17.6 Å². The molecule has 1 atom stereocenters. The summed E-state index contributed by atoms with van der Waals surface area (Å²) in [6.07, 6.45) is -9.87. The Morgan fingerprint density at radius 2 is 1.03 bits per heavy atom. The molecular weight excluding hydrogens is 454 g/mol. The lowest BCUT2D eigenvalue weighted by atomic mass is 10.2. The topological polar surface area (TPSA) is 58.2 Å². The van der Waals surface area contributed by atoms with E-state index < -0.39 is 38.5 Å². The Kier molecular flexibility index (Phi) is 18.3. The fourth-order valence-electron chi connectivity index (χ4n) is 1.13. The molecule has 1 aromatic rings. The van der Waals surface area contributed by atoms with Crippen molar-refractivity contribution in [2.75, 3.05) is 30.7 Å². The standard InChI is InChI=1S/C10H12N2O2.C4H6F4.C2H4F2.CF4/c1-7(13)11-9-3-5-10(6-4-9)12-8(2)14;1-3(2-5)4(6,7)8;3-1-2-4;2-1(3,4)5/h3-6H,1-2H3,(H,11,13)(H,12,14);3H,2H2,1H3;1-2H2;. The highest BCUT2D eigenvalue weighted by Gasteiger charge is 2.35. The van der Waals surface area contributed by atoms with Crippen molar-refractivity contribution in [2.24, 2.45) is 5.92 Å². The number of nitrogens with one attached hydrogen (secondary N) is 2. The second-order valence-electron chi connectivity index (χ2n) is 5.34. The minimum Gasteiger partial charge on any atom is -0.326 e. The van der Waals surface area contributed by atoms with E-state index >= 15 is 0 Å². The first-order chi connectivity index (χ1) is 14.0. The summed E-state index contributed by atoms with van der Waals surface area (Å²) in [5.74, 6) is -2.04. The fourth-order valence-corrected chi connectivity index (χ4v) is 1.13. The average Bonchev–Trinajstić information content (AvgIpc) is 2.60. The zero-order chi connectivity index (χ0) is 25.3. The molecule has 31 heavy (non-hydrogen) atoms. The van der Waals surface area contributed by atoms with Crippen LogP contribution in [0.2, 0.25) is 0 Å². The van der Waals surface area contributed by atoms with E-state index in [0.29, 0.717) is 11.4 Å². The zero-order valence-corrected chi connectivity index (χ0v) is 16.6. The highest BCUT2D eigenvalue weighted by atomic mass is 19.5. The van der Waals surface area contributed by atoms with E-state index in [4.69, 9.17) is 0 Å². The number of alkyl halides is 10. The Morgan fingerprint density at radius 3 is 1.13 bits per heavy atom. The first kappa shape index (κ1) is 33.1. The summed E-state index contributed by atoms with van der Waals surface area (Å²) in [5.41, 5.74) is 1.43. The summed E-state index contributed by atoms with van der Waals surface area (Å²) in [5, 5.41) is 5.27. The maximum atomic E-state index is 11.2. The van der Waals surface area contributed by atoms with Gasteiger partial charge in [0.2, 0.25) is 11.8 Å². The van der Waals surface area contributed by atoms with Crippen LogP contribution in [0, 0.1) is 5.92 Å². The summed E-state index contributed by atoms with van der Waals surface area (Å²) in [6, 6.07) is 6.92. The Bertz CT molecular complexity index is 561. The molecule has 0 aliphatic heterocycles. The first-order valence-corrected chi connectivity index (χ1v) is 8.13. The van der Waals surface area contributed by atoms with Crippen molar-refractivity contribution < 1.29 is 53.5 Å². The monoisotopic (exact) mass is 476 g/mol. The Balaban J connectivity index is -0.000000390. The van der Waals surface area contributed by atoms with E-state index in [0.717, 1.165) is 6.92 Å². The maximum Gasteiger partial charge on any atom is 0.559 e. The molecule has 1 unspecified atom stereocenters. The largest absolute Gasteiger partial charge is 0.559 e. The van der Waals surface area contributed by atoms with Gasteiger partial charge in [-0.2, -0.15) is 13.2 Å². The molecule has 0 spiro atoms. The molecule has 0 heterocycles. The third kappa shape index (κ3) is 29.8. The molecule has 0 bridgehead atoms. The molecule has 0 aromatic heterocycles. The summed E-state index contributed by atoms with van der Waals surface area (Å²) in [7, 11) is 0. The van der Waals surface area contributed by atoms with Crippen LogP contribution in [0.5, 0.6) is 0 Å². The second-order valence-corrected chi connectivity index (χ2v) is 5.34. The predicted molar refractivity (Wildman–Crippen MR) is 95.4 cm³/mol. The normalized spacial score (nSPS) is 11.3. The van der Waals surface area contributed by atoms with Crippen molar-refractivity contribution in [1.82, 2.24) is 0 Å².